The number of pyridine rings is 1. The van der Waals surface area contributed by atoms with Gasteiger partial charge in [-0.2, -0.15) is 0 Å². The fourth-order valence-corrected chi connectivity index (χ4v) is 1.86. The molecule has 0 saturated heterocycles. The Balaban J connectivity index is 1.93. The molecule has 1 saturated carbocycles. The van der Waals surface area contributed by atoms with Gasteiger partial charge >= 0.3 is 0 Å². The van der Waals surface area contributed by atoms with Crippen LogP contribution in [0, 0.1) is 0 Å². The van der Waals surface area contributed by atoms with Crippen LogP contribution in [0.3, 0.4) is 0 Å². The average molecular weight is 188 g/mol. The first-order valence-electron chi connectivity index (χ1n) is 5.39. The van der Waals surface area contributed by atoms with Gasteiger partial charge in [0.15, 0.2) is 0 Å². The summed E-state index contributed by atoms with van der Waals surface area (Å²) in [5, 5.41) is 0. The van der Waals surface area contributed by atoms with Crippen LogP contribution in [0.4, 0.5) is 0 Å². The first kappa shape index (κ1) is 9.38. The van der Waals surface area contributed by atoms with Crippen molar-refractivity contribution in [2.24, 2.45) is 4.99 Å². The molecule has 0 atom stereocenters. The Morgan fingerprint density at radius 1 is 1.21 bits per heavy atom. The van der Waals surface area contributed by atoms with Crippen LogP contribution in [0.5, 0.6) is 0 Å². The number of aromatic nitrogens is 1. The van der Waals surface area contributed by atoms with Crippen molar-refractivity contribution in [2.45, 2.75) is 38.1 Å². The van der Waals surface area contributed by atoms with Gasteiger partial charge in [-0.15, -0.1) is 0 Å². The van der Waals surface area contributed by atoms with Crippen molar-refractivity contribution in [2.75, 3.05) is 0 Å². The van der Waals surface area contributed by atoms with Crippen molar-refractivity contribution in [3.63, 3.8) is 0 Å². The molecule has 0 aromatic carbocycles. The maximum Gasteiger partial charge on any atom is 0.0807 e. The predicted octanol–water partition coefficient (Wildman–Crippen LogP) is 2.83. The van der Waals surface area contributed by atoms with Gasteiger partial charge in [0.05, 0.1) is 11.7 Å². The molecule has 1 fully saturated rings. The predicted molar refractivity (Wildman–Crippen MR) is 58.7 cm³/mol. The molecule has 1 aliphatic rings. The number of hydrogen-bond donors (Lipinski definition) is 0. The van der Waals surface area contributed by atoms with Gasteiger partial charge < -0.3 is 0 Å². The Hall–Kier alpha value is -1.18. The van der Waals surface area contributed by atoms with Gasteiger partial charge in [0.2, 0.25) is 0 Å². The van der Waals surface area contributed by atoms with E-state index < -0.39 is 0 Å². The second kappa shape index (κ2) is 4.89. The number of hydrogen-bond acceptors (Lipinski definition) is 2. The molecule has 1 aromatic rings. The summed E-state index contributed by atoms with van der Waals surface area (Å²) >= 11 is 0. The van der Waals surface area contributed by atoms with Crippen LogP contribution < -0.4 is 0 Å². The Labute approximate surface area is 85.1 Å². The van der Waals surface area contributed by atoms with E-state index in [1.807, 2.05) is 30.6 Å². The highest BCUT2D eigenvalue weighted by atomic mass is 14.8. The lowest BCUT2D eigenvalue weighted by molar-refractivity contribution is 0.444. The van der Waals surface area contributed by atoms with Gasteiger partial charge in [-0.3, -0.25) is 9.98 Å². The van der Waals surface area contributed by atoms with Crippen molar-refractivity contribution >= 4 is 6.21 Å². The van der Waals surface area contributed by atoms with Gasteiger partial charge in [-0.1, -0.05) is 25.3 Å². The van der Waals surface area contributed by atoms with Crippen LogP contribution in [0.15, 0.2) is 29.4 Å². The van der Waals surface area contributed by atoms with Gasteiger partial charge in [0, 0.05) is 12.4 Å². The van der Waals surface area contributed by atoms with Gasteiger partial charge in [-0.25, -0.2) is 0 Å². The maximum absolute atomic E-state index is 4.57. The Kier molecular flexibility index (Phi) is 3.28. The van der Waals surface area contributed by atoms with Crippen molar-refractivity contribution < 1.29 is 0 Å². The fraction of sp³-hybridized carbons (Fsp3) is 0.500. The second-order valence-electron chi connectivity index (χ2n) is 3.82. The van der Waals surface area contributed by atoms with Crippen LogP contribution >= 0.6 is 0 Å². The van der Waals surface area contributed by atoms with Crippen molar-refractivity contribution in [3.8, 4) is 0 Å². The van der Waals surface area contributed by atoms with Crippen LogP contribution in [0.2, 0.25) is 0 Å². The molecule has 1 aliphatic carbocycles. The molecule has 2 nitrogen and oxygen atoms in total. The molecule has 0 amide bonds. The quantitative estimate of drug-likeness (QED) is 0.655. The lowest BCUT2D eigenvalue weighted by Crippen LogP contribution is -2.09. The SMILES string of the molecule is C(=NC1CCCCC1)c1ccccn1. The molecule has 0 unspecified atom stereocenters. The first-order valence-corrected chi connectivity index (χ1v) is 5.39. The molecular weight excluding hydrogens is 172 g/mol. The highest BCUT2D eigenvalue weighted by Crippen LogP contribution is 2.19. The second-order valence-corrected chi connectivity index (χ2v) is 3.82. The van der Waals surface area contributed by atoms with E-state index in [4.69, 9.17) is 0 Å². The minimum atomic E-state index is 0.547. The normalized spacial score (nSPS) is 18.9. The van der Waals surface area contributed by atoms with Crippen LogP contribution in [0.25, 0.3) is 0 Å². The van der Waals surface area contributed by atoms with E-state index in [1.165, 1.54) is 32.1 Å². The van der Waals surface area contributed by atoms with Gasteiger partial charge in [0.25, 0.3) is 0 Å². The summed E-state index contributed by atoms with van der Waals surface area (Å²) in [4.78, 5) is 8.78. The largest absolute Gasteiger partial charge is 0.288 e. The van der Waals surface area contributed by atoms with Gasteiger partial charge in [-0.05, 0) is 25.0 Å². The van der Waals surface area contributed by atoms with Crippen LogP contribution in [-0.4, -0.2) is 17.2 Å². The lowest BCUT2D eigenvalue weighted by atomic mass is 9.96. The smallest absolute Gasteiger partial charge is 0.0807 e. The standard InChI is InChI=1S/C12H16N2/c1-2-6-11(7-3-1)14-10-12-8-4-5-9-13-12/h4-5,8-11H,1-3,6-7H2. The summed E-state index contributed by atoms with van der Waals surface area (Å²) in [6.45, 7) is 0. The summed E-state index contributed by atoms with van der Waals surface area (Å²) in [5.74, 6) is 0. The fourth-order valence-electron chi connectivity index (χ4n) is 1.86. The van der Waals surface area contributed by atoms with E-state index in [0.717, 1.165) is 5.69 Å². The number of aliphatic imine (C=N–C) groups is 1. The molecule has 1 heterocycles. The Morgan fingerprint density at radius 2 is 2.07 bits per heavy atom. The van der Waals surface area contributed by atoms with Crippen LogP contribution in [-0.2, 0) is 0 Å². The topological polar surface area (TPSA) is 25.2 Å². The molecule has 2 heteroatoms. The van der Waals surface area contributed by atoms with Gasteiger partial charge in [0.1, 0.15) is 0 Å². The highest BCUT2D eigenvalue weighted by molar-refractivity contribution is 5.76. The third-order valence-electron chi connectivity index (χ3n) is 2.68. The lowest BCUT2D eigenvalue weighted by Gasteiger charge is -2.16. The zero-order chi connectivity index (χ0) is 9.64. The Morgan fingerprint density at radius 3 is 2.79 bits per heavy atom. The first-order chi connectivity index (χ1) is 6.95. The minimum Gasteiger partial charge on any atom is -0.288 e. The third kappa shape index (κ3) is 2.66. The van der Waals surface area contributed by atoms with E-state index in [0.29, 0.717) is 6.04 Å². The van der Waals surface area contributed by atoms with E-state index in [1.54, 1.807) is 0 Å². The third-order valence-corrected chi connectivity index (χ3v) is 2.68. The minimum absolute atomic E-state index is 0.547. The molecule has 1 aromatic heterocycles. The zero-order valence-electron chi connectivity index (χ0n) is 8.39. The van der Waals surface area contributed by atoms with Crippen molar-refractivity contribution in [1.82, 2.24) is 4.98 Å². The summed E-state index contributed by atoms with van der Waals surface area (Å²) in [7, 11) is 0. The van der Waals surface area contributed by atoms with Crippen molar-refractivity contribution in [3.05, 3.63) is 30.1 Å². The molecule has 0 aliphatic heterocycles. The molecule has 14 heavy (non-hydrogen) atoms. The summed E-state index contributed by atoms with van der Waals surface area (Å²) in [6, 6.07) is 6.46. The van der Waals surface area contributed by atoms with E-state index >= 15 is 0 Å². The van der Waals surface area contributed by atoms with Crippen molar-refractivity contribution in [1.29, 1.82) is 0 Å². The summed E-state index contributed by atoms with van der Waals surface area (Å²) in [6.07, 6.45) is 10.3. The number of rotatable bonds is 2. The van der Waals surface area contributed by atoms with E-state index in [9.17, 15) is 0 Å². The molecule has 0 N–H and O–H groups in total. The average Bonchev–Trinajstić information content (AvgIpc) is 2.29. The number of nitrogens with zero attached hydrogens (tertiary/aromatic N) is 2. The molecule has 74 valence electrons. The highest BCUT2D eigenvalue weighted by Gasteiger charge is 2.10. The molecule has 0 spiro atoms. The monoisotopic (exact) mass is 188 g/mol. The molecule has 0 bridgehead atoms. The van der Waals surface area contributed by atoms with Crippen LogP contribution in [0.1, 0.15) is 37.8 Å². The summed E-state index contributed by atoms with van der Waals surface area (Å²) < 4.78 is 0. The zero-order valence-corrected chi connectivity index (χ0v) is 8.39. The summed E-state index contributed by atoms with van der Waals surface area (Å²) in [5.41, 5.74) is 0.970. The molecule has 0 radical (unpaired) electrons. The van der Waals surface area contributed by atoms with E-state index in [-0.39, 0.29) is 0 Å². The molecular formula is C12H16N2. The molecule has 2 rings (SSSR count). The maximum atomic E-state index is 4.57. The Bertz CT molecular complexity index is 286. The van der Waals surface area contributed by atoms with E-state index in [2.05, 4.69) is 9.98 Å².